The molecular formula is C46H93IO10. The molecule has 11 heteroatoms. The lowest BCUT2D eigenvalue weighted by molar-refractivity contribution is -0.0567. The number of allylic oxidation sites excluding steroid dienone is 1. The Morgan fingerprint density at radius 3 is 1.21 bits per heavy atom. The first kappa shape index (κ1) is 59.2. The number of alkyl halides is 1. The van der Waals surface area contributed by atoms with Crippen LogP contribution >= 0.6 is 22.6 Å². The average Bonchev–Trinajstić information content (AvgIpc) is 4.02. The molecule has 13 atom stereocenters. The molecule has 0 amide bonds. The fourth-order valence-electron chi connectivity index (χ4n) is 8.01. The summed E-state index contributed by atoms with van der Waals surface area (Å²) in [5.74, 6) is 2.70. The summed E-state index contributed by atoms with van der Waals surface area (Å²) < 4.78 is 32.6. The zero-order chi connectivity index (χ0) is 43.6. The lowest BCUT2D eigenvalue weighted by Gasteiger charge is -2.31. The van der Waals surface area contributed by atoms with Crippen molar-refractivity contribution in [1.82, 2.24) is 0 Å². The van der Waals surface area contributed by atoms with Crippen LogP contribution in [0.25, 0.3) is 0 Å². The molecule has 3 saturated heterocycles. The Bertz CT molecular complexity index is 820. The van der Waals surface area contributed by atoms with Gasteiger partial charge in [0.15, 0.2) is 0 Å². The number of hydrogen-bond donors (Lipinski definition) is 4. The molecule has 4 N–H and O–H groups in total. The number of rotatable bonds is 23. The summed E-state index contributed by atoms with van der Waals surface area (Å²) >= 11 is 2.29. The van der Waals surface area contributed by atoms with Crippen molar-refractivity contribution >= 4 is 22.6 Å². The van der Waals surface area contributed by atoms with Crippen LogP contribution in [-0.4, -0.2) is 108 Å². The van der Waals surface area contributed by atoms with Crippen LogP contribution in [0.5, 0.6) is 0 Å². The topological polar surface area (TPSA) is 136 Å². The van der Waals surface area contributed by atoms with Gasteiger partial charge < -0.3 is 48.8 Å². The summed E-state index contributed by atoms with van der Waals surface area (Å²) in [5.41, 5.74) is 0. The third-order valence-corrected chi connectivity index (χ3v) is 11.4. The number of halogens is 1. The zero-order valence-corrected chi connectivity index (χ0v) is 40.9. The fourth-order valence-corrected chi connectivity index (χ4v) is 8.01. The maximum atomic E-state index is 10.3. The van der Waals surface area contributed by atoms with E-state index in [4.69, 9.17) is 28.4 Å². The lowest BCUT2D eigenvalue weighted by atomic mass is 9.81. The highest BCUT2D eigenvalue weighted by molar-refractivity contribution is 14.1. The minimum Gasteiger partial charge on any atom is -0.390 e. The third-order valence-electron chi connectivity index (χ3n) is 11.4. The van der Waals surface area contributed by atoms with Crippen LogP contribution in [0.2, 0.25) is 0 Å². The second kappa shape index (κ2) is 39.0. The average molecular weight is 933 g/mol. The quantitative estimate of drug-likeness (QED) is 0.0446. The van der Waals surface area contributed by atoms with Crippen molar-refractivity contribution in [3.8, 4) is 0 Å². The smallest absolute Gasteiger partial charge is 0.147 e. The number of aliphatic hydroxyl groups is 4. The molecule has 3 aliphatic rings. The molecule has 0 saturated carbocycles. The highest BCUT2D eigenvalue weighted by Gasteiger charge is 2.33. The summed E-state index contributed by atoms with van der Waals surface area (Å²) in [6, 6.07) is 0. The van der Waals surface area contributed by atoms with Gasteiger partial charge in [0.1, 0.15) is 20.4 Å². The Morgan fingerprint density at radius 1 is 0.561 bits per heavy atom. The molecule has 0 bridgehead atoms. The van der Waals surface area contributed by atoms with Gasteiger partial charge in [-0.1, -0.05) is 169 Å². The van der Waals surface area contributed by atoms with Gasteiger partial charge in [0.25, 0.3) is 0 Å². The molecule has 3 heterocycles. The molecule has 0 spiro atoms. The van der Waals surface area contributed by atoms with Gasteiger partial charge in [0.2, 0.25) is 0 Å². The van der Waals surface area contributed by atoms with E-state index in [0.29, 0.717) is 58.3 Å². The van der Waals surface area contributed by atoms with Crippen LogP contribution in [0.1, 0.15) is 160 Å². The first-order valence-corrected chi connectivity index (χ1v) is 24.4. The molecule has 344 valence electrons. The van der Waals surface area contributed by atoms with Crippen LogP contribution < -0.4 is 0 Å². The maximum Gasteiger partial charge on any atom is 0.147 e. The van der Waals surface area contributed by atoms with Crippen molar-refractivity contribution in [2.24, 2.45) is 35.5 Å². The normalized spacial score (nSPS) is 24.4. The summed E-state index contributed by atoms with van der Waals surface area (Å²) in [5, 5.41) is 40.8. The largest absolute Gasteiger partial charge is 0.390 e. The zero-order valence-electron chi connectivity index (χ0n) is 38.7. The van der Waals surface area contributed by atoms with Crippen molar-refractivity contribution < 1.29 is 48.8 Å². The van der Waals surface area contributed by atoms with Gasteiger partial charge >= 0.3 is 0 Å². The van der Waals surface area contributed by atoms with Crippen LogP contribution in [0.15, 0.2) is 12.2 Å². The SMILES string of the molecule is CC.CCC[C@H](C)[C@@H](/C=C\C[C@H]1COCO1)CC.CCC[C@H](C)[C@H](CC)[C@@H](O)[C@@H](O)C[C@H]1COCO1.CCC[C@H](C)[C@H](CC)[C@H](O)[C@H](O)C[C@H]1COCO1.CCI. The van der Waals surface area contributed by atoms with Crippen LogP contribution in [0.4, 0.5) is 0 Å². The van der Waals surface area contributed by atoms with Crippen molar-refractivity contribution in [3.05, 3.63) is 12.2 Å². The van der Waals surface area contributed by atoms with Crippen LogP contribution in [0, 0.1) is 35.5 Å². The molecule has 0 radical (unpaired) electrons. The number of ether oxygens (including phenoxy) is 6. The van der Waals surface area contributed by atoms with Gasteiger partial charge in [-0.3, -0.25) is 0 Å². The van der Waals surface area contributed by atoms with E-state index in [2.05, 4.69) is 104 Å². The van der Waals surface area contributed by atoms with E-state index >= 15 is 0 Å². The van der Waals surface area contributed by atoms with E-state index in [1.165, 1.54) is 23.7 Å². The van der Waals surface area contributed by atoms with E-state index in [1.807, 2.05) is 13.8 Å². The van der Waals surface area contributed by atoms with Crippen molar-refractivity contribution in [3.63, 3.8) is 0 Å². The van der Waals surface area contributed by atoms with E-state index < -0.39 is 24.4 Å². The van der Waals surface area contributed by atoms with Crippen LogP contribution in [0.3, 0.4) is 0 Å². The van der Waals surface area contributed by atoms with Gasteiger partial charge in [-0.2, -0.15) is 0 Å². The second-order valence-corrected chi connectivity index (χ2v) is 17.4. The monoisotopic (exact) mass is 933 g/mol. The molecule has 57 heavy (non-hydrogen) atoms. The van der Waals surface area contributed by atoms with Gasteiger partial charge in [-0.15, -0.1) is 0 Å². The van der Waals surface area contributed by atoms with Gasteiger partial charge in [0, 0.05) is 12.8 Å². The Morgan fingerprint density at radius 2 is 0.912 bits per heavy atom. The first-order chi connectivity index (χ1) is 27.4. The summed E-state index contributed by atoms with van der Waals surface area (Å²) in [7, 11) is 0. The summed E-state index contributed by atoms with van der Waals surface area (Å²) in [6.45, 7) is 28.6. The molecular weight excluding hydrogens is 839 g/mol. The van der Waals surface area contributed by atoms with E-state index in [0.717, 1.165) is 63.4 Å². The molecule has 0 aromatic carbocycles. The van der Waals surface area contributed by atoms with Crippen molar-refractivity contribution in [2.75, 3.05) is 44.6 Å². The minimum absolute atomic E-state index is 0.0753. The highest BCUT2D eigenvalue weighted by Crippen LogP contribution is 2.29. The molecule has 3 rings (SSSR count). The first-order valence-electron chi connectivity index (χ1n) is 22.9. The molecule has 0 aromatic rings. The minimum atomic E-state index is -0.721. The molecule has 0 aromatic heterocycles. The van der Waals surface area contributed by atoms with E-state index in [-0.39, 0.29) is 30.1 Å². The van der Waals surface area contributed by atoms with Crippen molar-refractivity contribution in [2.45, 2.75) is 203 Å². The molecule has 10 nitrogen and oxygen atoms in total. The Kier molecular flexibility index (Phi) is 40.4. The predicted molar refractivity (Wildman–Crippen MR) is 244 cm³/mol. The lowest BCUT2D eigenvalue weighted by Crippen LogP contribution is -2.39. The van der Waals surface area contributed by atoms with E-state index in [9.17, 15) is 20.4 Å². The molecule has 3 fully saturated rings. The number of hydrogen-bond acceptors (Lipinski definition) is 10. The Balaban J connectivity index is 0. The van der Waals surface area contributed by atoms with Crippen LogP contribution in [-0.2, 0) is 28.4 Å². The van der Waals surface area contributed by atoms with E-state index in [1.54, 1.807) is 0 Å². The predicted octanol–water partition coefficient (Wildman–Crippen LogP) is 10.1. The summed E-state index contributed by atoms with van der Waals surface area (Å²) in [4.78, 5) is 0. The molecule has 0 aliphatic carbocycles. The Hall–Kier alpha value is 0.0700. The fraction of sp³-hybridized carbons (Fsp3) is 0.957. The van der Waals surface area contributed by atoms with Crippen molar-refractivity contribution in [1.29, 1.82) is 0 Å². The highest BCUT2D eigenvalue weighted by atomic mass is 127. The number of aliphatic hydroxyl groups excluding tert-OH is 4. The maximum absolute atomic E-state index is 10.3. The Labute approximate surface area is 365 Å². The summed E-state index contributed by atoms with van der Waals surface area (Å²) in [6.07, 6.45) is 13.9. The molecule has 3 aliphatic heterocycles. The third kappa shape index (κ3) is 26.9. The standard InChI is InChI=1S/2C14H28O4.C14H26O2.C2H5I.C2H6/c2*1-4-6-10(3)12(5-2)14(16)13(15)7-11-8-17-9-18-11;1-4-7-12(3)13(5-2)8-6-9-14-10-15-11-16-14;1-2-3;1-2/h2*10-16H,4-9H2,1-3H3;6,8,12-14H,4-5,7,9-11H2,1-3H3;2H2,1H3;1-2H3/b;;8-6-;;/t10-,11-,12-,13+,14-;10-,11-,12-,13-,14+;12-,13+,14-;;/m000../s1. The van der Waals surface area contributed by atoms with Gasteiger partial charge in [-0.25, -0.2) is 0 Å². The van der Waals surface area contributed by atoms with Gasteiger partial charge in [0.05, 0.1) is 62.5 Å². The molecule has 0 unspecified atom stereocenters. The van der Waals surface area contributed by atoms with Gasteiger partial charge in [-0.05, 0) is 52.8 Å². The second-order valence-electron chi connectivity index (χ2n) is 15.9.